The Hall–Kier alpha value is -0.580. The second-order valence-corrected chi connectivity index (χ2v) is 3.80. The molecular weight excluding hydrogens is 228 g/mol. The number of carbonyl (C=O) groups is 2. The van der Waals surface area contributed by atoms with Crippen molar-refractivity contribution >= 4 is 27.9 Å². The average Bonchev–Trinajstić information content (AvgIpc) is 2.03. The Morgan fingerprint density at radius 1 is 1.42 bits per heavy atom. The third-order valence-corrected chi connectivity index (χ3v) is 1.87. The van der Waals surface area contributed by atoms with E-state index in [4.69, 9.17) is 0 Å². The molecule has 0 amide bonds. The summed E-state index contributed by atoms with van der Waals surface area (Å²) in [5.74, 6) is -1.31. The van der Waals surface area contributed by atoms with Gasteiger partial charge in [0.15, 0.2) is 0 Å². The van der Waals surface area contributed by atoms with E-state index in [1.54, 1.807) is 6.92 Å². The highest BCUT2D eigenvalue weighted by atomic mass is 79.9. The summed E-state index contributed by atoms with van der Waals surface area (Å²) < 4.78 is 7.65. The van der Waals surface area contributed by atoms with Gasteiger partial charge >= 0.3 is 11.9 Å². The number of hydrogen-bond donors (Lipinski definition) is 0. The third-order valence-electron chi connectivity index (χ3n) is 1.23. The Bertz CT molecular complexity index is 188. The maximum atomic E-state index is 11.1. The van der Waals surface area contributed by atoms with Gasteiger partial charge in [-0.3, -0.25) is 0 Å². The van der Waals surface area contributed by atoms with E-state index in [2.05, 4.69) is 25.4 Å². The van der Waals surface area contributed by atoms with Gasteiger partial charge in [0.2, 0.25) is 4.32 Å². The summed E-state index contributed by atoms with van der Waals surface area (Å²) in [6, 6.07) is 0. The first-order valence-corrected chi connectivity index (χ1v) is 4.20. The van der Waals surface area contributed by atoms with E-state index in [0.717, 1.165) is 0 Å². The maximum absolute atomic E-state index is 11.1. The van der Waals surface area contributed by atoms with Crippen LogP contribution in [0.25, 0.3) is 0 Å². The Morgan fingerprint density at radius 3 is 2.25 bits per heavy atom. The summed E-state index contributed by atoms with van der Waals surface area (Å²) in [5.41, 5.74) is 0. The zero-order valence-electron chi connectivity index (χ0n) is 7.22. The molecule has 0 aliphatic rings. The standard InChI is InChI=1S/C7H11BrO4/c1-4-12-6(10)7(2,8)5(9)11-3/h4H2,1-3H3. The second kappa shape index (κ2) is 4.45. The van der Waals surface area contributed by atoms with Crippen molar-refractivity contribution < 1.29 is 19.1 Å². The Kier molecular flexibility index (Phi) is 4.23. The van der Waals surface area contributed by atoms with Crippen LogP contribution in [0.4, 0.5) is 0 Å². The molecule has 0 rings (SSSR count). The van der Waals surface area contributed by atoms with Crippen LogP contribution in [-0.4, -0.2) is 30.0 Å². The predicted molar refractivity (Wildman–Crippen MR) is 46.0 cm³/mol. The van der Waals surface area contributed by atoms with Crippen molar-refractivity contribution in [3.63, 3.8) is 0 Å². The first-order valence-electron chi connectivity index (χ1n) is 3.41. The van der Waals surface area contributed by atoms with Crippen LogP contribution in [0.1, 0.15) is 13.8 Å². The summed E-state index contributed by atoms with van der Waals surface area (Å²) >= 11 is 2.92. The summed E-state index contributed by atoms with van der Waals surface area (Å²) in [6.45, 7) is 3.28. The molecule has 0 fully saturated rings. The normalized spacial score (nSPS) is 14.7. The molecule has 0 heterocycles. The molecule has 0 saturated carbocycles. The highest BCUT2D eigenvalue weighted by Gasteiger charge is 2.41. The minimum absolute atomic E-state index is 0.233. The largest absolute Gasteiger partial charge is 0.468 e. The van der Waals surface area contributed by atoms with Crippen molar-refractivity contribution in [1.82, 2.24) is 0 Å². The van der Waals surface area contributed by atoms with Gasteiger partial charge in [-0.1, -0.05) is 15.9 Å². The van der Waals surface area contributed by atoms with Crippen molar-refractivity contribution in [2.24, 2.45) is 0 Å². The SMILES string of the molecule is CCOC(=O)C(C)(Br)C(=O)OC. The molecule has 0 spiro atoms. The fourth-order valence-electron chi connectivity index (χ4n) is 0.542. The number of carbonyl (C=O) groups excluding carboxylic acids is 2. The van der Waals surface area contributed by atoms with E-state index in [-0.39, 0.29) is 6.61 Å². The predicted octanol–water partition coefficient (Wildman–Crippen LogP) is 0.876. The van der Waals surface area contributed by atoms with Gasteiger partial charge in [-0.25, -0.2) is 9.59 Å². The molecule has 0 aromatic rings. The molecule has 0 aromatic carbocycles. The molecule has 0 N–H and O–H groups in total. The Labute approximate surface area is 79.3 Å². The molecule has 0 saturated heterocycles. The lowest BCUT2D eigenvalue weighted by Gasteiger charge is -2.16. The molecule has 1 atom stereocenters. The van der Waals surface area contributed by atoms with Crippen molar-refractivity contribution in [2.75, 3.05) is 13.7 Å². The van der Waals surface area contributed by atoms with Crippen LogP contribution >= 0.6 is 15.9 Å². The van der Waals surface area contributed by atoms with Gasteiger partial charge in [-0.05, 0) is 13.8 Å². The van der Waals surface area contributed by atoms with E-state index in [0.29, 0.717) is 0 Å². The van der Waals surface area contributed by atoms with Gasteiger partial charge in [-0.2, -0.15) is 0 Å². The molecule has 12 heavy (non-hydrogen) atoms. The number of esters is 2. The summed E-state index contributed by atoms with van der Waals surface area (Å²) in [6.07, 6.45) is 0. The highest BCUT2D eigenvalue weighted by molar-refractivity contribution is 9.10. The molecular formula is C7H11BrO4. The molecule has 1 unspecified atom stereocenters. The van der Waals surface area contributed by atoms with Crippen molar-refractivity contribution in [2.45, 2.75) is 18.2 Å². The maximum Gasteiger partial charge on any atom is 0.334 e. The van der Waals surface area contributed by atoms with Crippen LogP contribution in [0, 0.1) is 0 Å². The zero-order valence-corrected chi connectivity index (χ0v) is 8.80. The molecule has 0 bridgehead atoms. The summed E-state index contributed by atoms with van der Waals surface area (Å²) in [7, 11) is 1.21. The minimum Gasteiger partial charge on any atom is -0.468 e. The molecule has 0 aliphatic carbocycles. The zero-order chi connectivity index (χ0) is 9.78. The molecule has 70 valence electrons. The molecule has 0 aromatic heterocycles. The van der Waals surface area contributed by atoms with Gasteiger partial charge in [0.25, 0.3) is 0 Å². The van der Waals surface area contributed by atoms with Crippen LogP contribution in [0.5, 0.6) is 0 Å². The summed E-state index contributed by atoms with van der Waals surface area (Å²) in [5, 5.41) is 0. The van der Waals surface area contributed by atoms with Gasteiger partial charge < -0.3 is 9.47 Å². The smallest absolute Gasteiger partial charge is 0.334 e. The average molecular weight is 239 g/mol. The monoisotopic (exact) mass is 238 g/mol. The van der Waals surface area contributed by atoms with E-state index in [1.807, 2.05) is 0 Å². The molecule has 0 radical (unpaired) electrons. The first kappa shape index (κ1) is 11.4. The van der Waals surface area contributed by atoms with Gasteiger partial charge in [0.05, 0.1) is 13.7 Å². The van der Waals surface area contributed by atoms with Crippen LogP contribution < -0.4 is 0 Å². The fraction of sp³-hybridized carbons (Fsp3) is 0.714. The highest BCUT2D eigenvalue weighted by Crippen LogP contribution is 2.20. The fourth-order valence-corrected chi connectivity index (χ4v) is 0.818. The van der Waals surface area contributed by atoms with Crippen LogP contribution in [-0.2, 0) is 19.1 Å². The van der Waals surface area contributed by atoms with Crippen molar-refractivity contribution in [3.8, 4) is 0 Å². The van der Waals surface area contributed by atoms with Crippen LogP contribution in [0.3, 0.4) is 0 Å². The molecule has 4 nitrogen and oxygen atoms in total. The number of methoxy groups -OCH3 is 1. The molecule has 5 heteroatoms. The first-order chi connectivity index (χ1) is 5.46. The topological polar surface area (TPSA) is 52.6 Å². The Morgan fingerprint density at radius 2 is 1.92 bits per heavy atom. The van der Waals surface area contributed by atoms with E-state index in [9.17, 15) is 9.59 Å². The number of ether oxygens (including phenoxy) is 2. The minimum atomic E-state index is -1.39. The van der Waals surface area contributed by atoms with Crippen LogP contribution in [0.2, 0.25) is 0 Å². The lowest BCUT2D eigenvalue weighted by Crippen LogP contribution is -2.39. The number of alkyl halides is 1. The van der Waals surface area contributed by atoms with E-state index < -0.39 is 16.3 Å². The quantitative estimate of drug-likeness (QED) is 0.416. The number of rotatable bonds is 3. The Balaban J connectivity index is 4.38. The number of halogens is 1. The second-order valence-electron chi connectivity index (χ2n) is 2.22. The molecule has 0 aliphatic heterocycles. The van der Waals surface area contributed by atoms with Gasteiger partial charge in [0, 0.05) is 0 Å². The van der Waals surface area contributed by atoms with E-state index in [1.165, 1.54) is 14.0 Å². The van der Waals surface area contributed by atoms with Gasteiger partial charge in [0.1, 0.15) is 0 Å². The lowest BCUT2D eigenvalue weighted by molar-refractivity contribution is -0.156. The third kappa shape index (κ3) is 2.48. The van der Waals surface area contributed by atoms with Crippen LogP contribution in [0.15, 0.2) is 0 Å². The number of hydrogen-bond acceptors (Lipinski definition) is 4. The van der Waals surface area contributed by atoms with Gasteiger partial charge in [-0.15, -0.1) is 0 Å². The van der Waals surface area contributed by atoms with Crippen molar-refractivity contribution in [1.29, 1.82) is 0 Å². The van der Waals surface area contributed by atoms with E-state index >= 15 is 0 Å². The summed E-state index contributed by atoms with van der Waals surface area (Å²) in [4.78, 5) is 22.1. The lowest BCUT2D eigenvalue weighted by atomic mass is 10.2. The van der Waals surface area contributed by atoms with Crippen molar-refractivity contribution in [3.05, 3.63) is 0 Å².